The van der Waals surface area contributed by atoms with E-state index in [2.05, 4.69) is 10.0 Å². The molecular formula is C19H24N2O3S. The largest absolute Gasteiger partial charge is 0.322 e. The molecule has 134 valence electrons. The van der Waals surface area contributed by atoms with E-state index in [-0.39, 0.29) is 16.7 Å². The van der Waals surface area contributed by atoms with E-state index < -0.39 is 10.0 Å². The average molecular weight is 360 g/mol. The third-order valence-electron chi connectivity index (χ3n) is 3.74. The molecule has 2 aromatic rings. The number of carbonyl (C=O) groups excluding carboxylic acids is 1. The molecule has 0 aromatic heterocycles. The van der Waals surface area contributed by atoms with Gasteiger partial charge in [-0.3, -0.25) is 4.79 Å². The lowest BCUT2D eigenvalue weighted by atomic mass is 10.1. The lowest BCUT2D eigenvalue weighted by molar-refractivity contribution is 0.102. The first kappa shape index (κ1) is 19.1. The molecule has 0 aliphatic carbocycles. The van der Waals surface area contributed by atoms with E-state index in [0.717, 1.165) is 16.8 Å². The summed E-state index contributed by atoms with van der Waals surface area (Å²) in [5, 5.41) is 2.85. The summed E-state index contributed by atoms with van der Waals surface area (Å²) < 4.78 is 26.9. The second kappa shape index (κ2) is 7.80. The Bertz CT molecular complexity index is 857. The fraction of sp³-hybridized carbons (Fsp3) is 0.316. The number of sulfonamides is 1. The number of hydrogen-bond donors (Lipinski definition) is 2. The lowest BCUT2D eigenvalue weighted by Gasteiger charge is -2.11. The second-order valence-electron chi connectivity index (χ2n) is 6.54. The average Bonchev–Trinajstić information content (AvgIpc) is 2.56. The highest BCUT2D eigenvalue weighted by Crippen LogP contribution is 2.18. The van der Waals surface area contributed by atoms with Gasteiger partial charge in [0.2, 0.25) is 10.0 Å². The van der Waals surface area contributed by atoms with E-state index in [4.69, 9.17) is 0 Å². The molecule has 2 aromatic carbocycles. The number of hydrogen-bond acceptors (Lipinski definition) is 3. The van der Waals surface area contributed by atoms with Gasteiger partial charge in [-0.2, -0.15) is 0 Å². The Kier molecular flexibility index (Phi) is 5.98. The molecule has 1 amide bonds. The van der Waals surface area contributed by atoms with Crippen molar-refractivity contribution < 1.29 is 13.2 Å². The Morgan fingerprint density at radius 3 is 2.24 bits per heavy atom. The van der Waals surface area contributed by atoms with Crippen molar-refractivity contribution in [2.45, 2.75) is 32.6 Å². The summed E-state index contributed by atoms with van der Waals surface area (Å²) in [6.07, 6.45) is 0. The van der Waals surface area contributed by atoms with Crippen molar-refractivity contribution >= 4 is 21.6 Å². The van der Waals surface area contributed by atoms with E-state index in [0.29, 0.717) is 12.1 Å². The molecule has 0 unspecified atom stereocenters. The number of carbonyl (C=O) groups is 1. The van der Waals surface area contributed by atoms with Gasteiger partial charge in [0.1, 0.15) is 0 Å². The molecule has 0 spiro atoms. The fourth-order valence-corrected chi connectivity index (χ4v) is 3.51. The van der Waals surface area contributed by atoms with Gasteiger partial charge in [-0.25, -0.2) is 13.1 Å². The highest BCUT2D eigenvalue weighted by molar-refractivity contribution is 7.89. The van der Waals surface area contributed by atoms with Gasteiger partial charge in [-0.15, -0.1) is 0 Å². The van der Waals surface area contributed by atoms with E-state index in [1.807, 2.05) is 45.9 Å². The Morgan fingerprint density at radius 2 is 1.68 bits per heavy atom. The number of anilines is 1. The zero-order chi connectivity index (χ0) is 18.6. The van der Waals surface area contributed by atoms with Crippen LogP contribution in [-0.2, 0) is 10.0 Å². The molecule has 0 aliphatic rings. The van der Waals surface area contributed by atoms with Crippen molar-refractivity contribution in [1.29, 1.82) is 0 Å². The Labute approximate surface area is 149 Å². The molecule has 5 nitrogen and oxygen atoms in total. The third-order valence-corrected chi connectivity index (χ3v) is 5.18. The predicted octanol–water partition coefficient (Wildman–Crippen LogP) is 3.49. The quantitative estimate of drug-likeness (QED) is 0.828. The number of nitrogens with one attached hydrogen (secondary N) is 2. The number of amides is 1. The van der Waals surface area contributed by atoms with Crippen LogP contribution >= 0.6 is 0 Å². The van der Waals surface area contributed by atoms with Crippen LogP contribution in [0.15, 0.2) is 47.4 Å². The summed E-state index contributed by atoms with van der Waals surface area (Å²) in [5.41, 5.74) is 3.25. The molecule has 0 saturated heterocycles. The Balaban J connectivity index is 2.12. The first-order chi connectivity index (χ1) is 11.7. The topological polar surface area (TPSA) is 75.3 Å². The van der Waals surface area contributed by atoms with Gasteiger partial charge in [0.05, 0.1) is 4.90 Å². The van der Waals surface area contributed by atoms with Gasteiger partial charge in [-0.05, 0) is 55.7 Å². The highest BCUT2D eigenvalue weighted by atomic mass is 32.2. The normalized spacial score (nSPS) is 11.6. The summed E-state index contributed by atoms with van der Waals surface area (Å²) in [6, 6.07) is 11.7. The standard InChI is InChI=1S/C19H24N2O3S/c1-13(2)12-20-25(23,24)17-8-6-16(7-9-17)19(22)21-18-10-5-14(3)11-15(18)4/h5-11,13,20H,12H2,1-4H3,(H,21,22). The SMILES string of the molecule is Cc1ccc(NC(=O)c2ccc(S(=O)(=O)NCC(C)C)cc2)c(C)c1. The lowest BCUT2D eigenvalue weighted by Crippen LogP contribution is -2.27. The van der Waals surface area contributed by atoms with Crippen LogP contribution in [0.3, 0.4) is 0 Å². The molecule has 25 heavy (non-hydrogen) atoms. The zero-order valence-corrected chi connectivity index (χ0v) is 15.8. The molecule has 0 saturated carbocycles. The Morgan fingerprint density at radius 1 is 1.04 bits per heavy atom. The summed E-state index contributed by atoms with van der Waals surface area (Å²) in [7, 11) is -3.55. The van der Waals surface area contributed by atoms with E-state index in [1.165, 1.54) is 24.3 Å². The van der Waals surface area contributed by atoms with Crippen molar-refractivity contribution in [3.05, 3.63) is 59.2 Å². The molecule has 0 radical (unpaired) electrons. The van der Waals surface area contributed by atoms with Crippen LogP contribution in [0.4, 0.5) is 5.69 Å². The molecule has 0 fully saturated rings. The molecule has 6 heteroatoms. The third kappa shape index (κ3) is 5.14. The summed E-state index contributed by atoms with van der Waals surface area (Å²) in [4.78, 5) is 12.5. The summed E-state index contributed by atoms with van der Waals surface area (Å²) in [5.74, 6) is -0.0522. The maximum Gasteiger partial charge on any atom is 0.255 e. The van der Waals surface area contributed by atoms with Crippen LogP contribution < -0.4 is 10.0 Å². The van der Waals surface area contributed by atoms with E-state index in [9.17, 15) is 13.2 Å². The highest BCUT2D eigenvalue weighted by Gasteiger charge is 2.15. The molecule has 2 rings (SSSR count). The number of rotatable bonds is 6. The van der Waals surface area contributed by atoms with Crippen molar-refractivity contribution in [3.63, 3.8) is 0 Å². The van der Waals surface area contributed by atoms with Crippen LogP contribution in [0.5, 0.6) is 0 Å². The molecule has 0 bridgehead atoms. The van der Waals surface area contributed by atoms with Crippen LogP contribution in [-0.4, -0.2) is 20.9 Å². The minimum absolute atomic E-state index is 0.149. The molecule has 0 heterocycles. The van der Waals surface area contributed by atoms with Crippen molar-refractivity contribution in [2.75, 3.05) is 11.9 Å². The van der Waals surface area contributed by atoms with Gasteiger partial charge in [0, 0.05) is 17.8 Å². The van der Waals surface area contributed by atoms with Crippen LogP contribution in [0.25, 0.3) is 0 Å². The summed E-state index contributed by atoms with van der Waals surface area (Å²) >= 11 is 0. The molecule has 2 N–H and O–H groups in total. The minimum atomic E-state index is -3.55. The van der Waals surface area contributed by atoms with Crippen molar-refractivity contribution in [3.8, 4) is 0 Å². The van der Waals surface area contributed by atoms with E-state index in [1.54, 1.807) is 0 Å². The van der Waals surface area contributed by atoms with Crippen LogP contribution in [0.1, 0.15) is 35.3 Å². The van der Waals surface area contributed by atoms with E-state index >= 15 is 0 Å². The first-order valence-corrected chi connectivity index (χ1v) is 9.65. The number of benzene rings is 2. The van der Waals surface area contributed by atoms with Gasteiger partial charge in [0.25, 0.3) is 5.91 Å². The Hall–Kier alpha value is -2.18. The van der Waals surface area contributed by atoms with Crippen LogP contribution in [0, 0.1) is 19.8 Å². The number of aryl methyl sites for hydroxylation is 2. The van der Waals surface area contributed by atoms with Gasteiger partial charge < -0.3 is 5.32 Å². The zero-order valence-electron chi connectivity index (χ0n) is 15.0. The maximum absolute atomic E-state index is 12.4. The smallest absolute Gasteiger partial charge is 0.255 e. The van der Waals surface area contributed by atoms with Gasteiger partial charge >= 0.3 is 0 Å². The summed E-state index contributed by atoms with van der Waals surface area (Å²) in [6.45, 7) is 8.16. The van der Waals surface area contributed by atoms with Gasteiger partial charge in [0.15, 0.2) is 0 Å². The predicted molar refractivity (Wildman–Crippen MR) is 100 cm³/mol. The van der Waals surface area contributed by atoms with Crippen LogP contribution in [0.2, 0.25) is 0 Å². The minimum Gasteiger partial charge on any atom is -0.322 e. The second-order valence-corrected chi connectivity index (χ2v) is 8.31. The fourth-order valence-electron chi connectivity index (χ4n) is 2.29. The molecule has 0 atom stereocenters. The maximum atomic E-state index is 12.4. The van der Waals surface area contributed by atoms with Gasteiger partial charge in [-0.1, -0.05) is 31.5 Å². The van der Waals surface area contributed by atoms with Crippen molar-refractivity contribution in [1.82, 2.24) is 4.72 Å². The van der Waals surface area contributed by atoms with Crippen molar-refractivity contribution in [2.24, 2.45) is 5.92 Å². The molecular weight excluding hydrogens is 336 g/mol. The monoisotopic (exact) mass is 360 g/mol. The first-order valence-electron chi connectivity index (χ1n) is 8.17. The molecule has 0 aliphatic heterocycles.